The molecule has 1 heterocycles. The first kappa shape index (κ1) is 9.05. The predicted octanol–water partition coefficient (Wildman–Crippen LogP) is 2.28. The highest BCUT2D eigenvalue weighted by atomic mass is 14.9. The van der Waals surface area contributed by atoms with E-state index in [0.717, 1.165) is 5.92 Å². The minimum absolute atomic E-state index is 0.451. The minimum Gasteiger partial charge on any atom is -0.316 e. The average Bonchev–Trinajstić information content (AvgIpc) is 2.06. The van der Waals surface area contributed by atoms with E-state index in [9.17, 15) is 0 Å². The van der Waals surface area contributed by atoms with Crippen LogP contribution in [0, 0.1) is 16.7 Å². The van der Waals surface area contributed by atoms with Crippen LogP contribution in [0.3, 0.4) is 0 Å². The molecule has 1 nitrogen and oxygen atoms in total. The lowest BCUT2D eigenvalue weighted by atomic mass is 9.68. The third kappa shape index (κ3) is 1.76. The average molecular weight is 155 g/mol. The summed E-state index contributed by atoms with van der Waals surface area (Å²) in [6.45, 7) is 14.1. The van der Waals surface area contributed by atoms with E-state index < -0.39 is 0 Å². The Hall–Kier alpha value is -0.0400. The summed E-state index contributed by atoms with van der Waals surface area (Å²) < 4.78 is 0. The van der Waals surface area contributed by atoms with Crippen LogP contribution in [0.5, 0.6) is 0 Å². The zero-order chi connectivity index (χ0) is 8.70. The molecule has 1 heteroatoms. The molecule has 0 aromatic carbocycles. The molecule has 0 aromatic rings. The van der Waals surface area contributed by atoms with Crippen LogP contribution < -0.4 is 5.32 Å². The van der Waals surface area contributed by atoms with Gasteiger partial charge in [-0.3, -0.25) is 0 Å². The molecule has 0 spiro atoms. The number of hydrogen-bond donors (Lipinski definition) is 1. The Labute approximate surface area is 70.6 Å². The van der Waals surface area contributed by atoms with Crippen LogP contribution in [0.15, 0.2) is 0 Å². The van der Waals surface area contributed by atoms with Crippen molar-refractivity contribution in [2.45, 2.75) is 34.6 Å². The SMILES string of the molecule is CC(C)(C)C1CNCC1(C)C. The predicted molar refractivity (Wildman–Crippen MR) is 49.6 cm³/mol. The van der Waals surface area contributed by atoms with Gasteiger partial charge in [-0.2, -0.15) is 0 Å². The molecule has 1 atom stereocenters. The molecular weight excluding hydrogens is 134 g/mol. The minimum atomic E-state index is 0.451. The second kappa shape index (κ2) is 2.48. The summed E-state index contributed by atoms with van der Waals surface area (Å²) in [6.07, 6.45) is 0. The molecule has 0 aliphatic carbocycles. The lowest BCUT2D eigenvalue weighted by Crippen LogP contribution is -2.33. The van der Waals surface area contributed by atoms with E-state index in [1.807, 2.05) is 0 Å². The second-order valence-electron chi connectivity index (χ2n) is 5.54. The molecule has 1 unspecified atom stereocenters. The van der Waals surface area contributed by atoms with E-state index in [1.165, 1.54) is 13.1 Å². The van der Waals surface area contributed by atoms with Crippen molar-refractivity contribution in [2.24, 2.45) is 16.7 Å². The van der Waals surface area contributed by atoms with Crippen molar-refractivity contribution in [1.82, 2.24) is 5.32 Å². The fourth-order valence-electron chi connectivity index (χ4n) is 2.42. The van der Waals surface area contributed by atoms with Crippen molar-refractivity contribution in [3.63, 3.8) is 0 Å². The molecule has 66 valence electrons. The van der Waals surface area contributed by atoms with Crippen LogP contribution in [0.25, 0.3) is 0 Å². The van der Waals surface area contributed by atoms with Gasteiger partial charge in [0.2, 0.25) is 0 Å². The molecular formula is C10H21N. The van der Waals surface area contributed by atoms with Crippen molar-refractivity contribution < 1.29 is 0 Å². The monoisotopic (exact) mass is 155 g/mol. The van der Waals surface area contributed by atoms with Crippen LogP contribution in [-0.4, -0.2) is 13.1 Å². The highest BCUT2D eigenvalue weighted by molar-refractivity contribution is 4.94. The van der Waals surface area contributed by atoms with Gasteiger partial charge in [-0.15, -0.1) is 0 Å². The fourth-order valence-corrected chi connectivity index (χ4v) is 2.42. The second-order valence-corrected chi connectivity index (χ2v) is 5.54. The molecule has 11 heavy (non-hydrogen) atoms. The Morgan fingerprint density at radius 3 is 2.00 bits per heavy atom. The van der Waals surface area contributed by atoms with Crippen LogP contribution in [0.2, 0.25) is 0 Å². The maximum atomic E-state index is 3.47. The van der Waals surface area contributed by atoms with E-state index in [-0.39, 0.29) is 0 Å². The van der Waals surface area contributed by atoms with Crippen molar-refractivity contribution >= 4 is 0 Å². The van der Waals surface area contributed by atoms with E-state index in [0.29, 0.717) is 10.8 Å². The third-order valence-corrected chi connectivity index (χ3v) is 2.92. The van der Waals surface area contributed by atoms with E-state index in [1.54, 1.807) is 0 Å². The zero-order valence-corrected chi connectivity index (χ0v) is 8.49. The van der Waals surface area contributed by atoms with Crippen LogP contribution >= 0.6 is 0 Å². The lowest BCUT2D eigenvalue weighted by molar-refractivity contribution is 0.140. The Morgan fingerprint density at radius 1 is 1.27 bits per heavy atom. The van der Waals surface area contributed by atoms with Crippen molar-refractivity contribution in [2.75, 3.05) is 13.1 Å². The molecule has 1 aliphatic rings. The standard InChI is InChI=1S/C10H21N/c1-9(2,3)8-6-11-7-10(8,4)5/h8,11H,6-7H2,1-5H3. The largest absolute Gasteiger partial charge is 0.316 e. The van der Waals surface area contributed by atoms with E-state index in [2.05, 4.69) is 39.9 Å². The maximum absolute atomic E-state index is 3.47. The molecule has 0 aromatic heterocycles. The molecule has 0 amide bonds. The van der Waals surface area contributed by atoms with Gasteiger partial charge in [-0.05, 0) is 23.3 Å². The van der Waals surface area contributed by atoms with Gasteiger partial charge in [0.25, 0.3) is 0 Å². The van der Waals surface area contributed by atoms with Crippen molar-refractivity contribution in [3.8, 4) is 0 Å². The molecule has 1 N–H and O–H groups in total. The molecule has 1 fully saturated rings. The molecule has 0 radical (unpaired) electrons. The van der Waals surface area contributed by atoms with Crippen molar-refractivity contribution in [3.05, 3.63) is 0 Å². The summed E-state index contributed by atoms with van der Waals surface area (Å²) in [4.78, 5) is 0. The molecule has 0 bridgehead atoms. The Kier molecular flexibility index (Phi) is 2.04. The van der Waals surface area contributed by atoms with Crippen LogP contribution in [0.4, 0.5) is 0 Å². The van der Waals surface area contributed by atoms with E-state index >= 15 is 0 Å². The first-order valence-electron chi connectivity index (χ1n) is 4.55. The molecule has 1 saturated heterocycles. The normalized spacial score (nSPS) is 30.8. The highest BCUT2D eigenvalue weighted by Crippen LogP contribution is 2.42. The maximum Gasteiger partial charge on any atom is 0.000597 e. The topological polar surface area (TPSA) is 12.0 Å². The van der Waals surface area contributed by atoms with Gasteiger partial charge in [0, 0.05) is 6.54 Å². The van der Waals surface area contributed by atoms with Crippen LogP contribution in [0.1, 0.15) is 34.6 Å². The quantitative estimate of drug-likeness (QED) is 0.566. The van der Waals surface area contributed by atoms with E-state index in [4.69, 9.17) is 0 Å². The third-order valence-electron chi connectivity index (χ3n) is 2.92. The smallest absolute Gasteiger partial charge is 0.000597 e. The number of hydrogen-bond acceptors (Lipinski definition) is 1. The van der Waals surface area contributed by atoms with Gasteiger partial charge in [0.05, 0.1) is 0 Å². The number of rotatable bonds is 0. The Balaban J connectivity index is 2.73. The van der Waals surface area contributed by atoms with Gasteiger partial charge in [0.1, 0.15) is 0 Å². The van der Waals surface area contributed by atoms with Gasteiger partial charge < -0.3 is 5.32 Å². The van der Waals surface area contributed by atoms with Gasteiger partial charge in [0.15, 0.2) is 0 Å². The summed E-state index contributed by atoms with van der Waals surface area (Å²) in [5, 5.41) is 3.47. The Morgan fingerprint density at radius 2 is 1.82 bits per heavy atom. The van der Waals surface area contributed by atoms with Gasteiger partial charge in [-0.1, -0.05) is 34.6 Å². The molecule has 1 aliphatic heterocycles. The fraction of sp³-hybridized carbons (Fsp3) is 1.00. The zero-order valence-electron chi connectivity index (χ0n) is 8.49. The summed E-state index contributed by atoms with van der Waals surface area (Å²) in [5.41, 5.74) is 0.936. The van der Waals surface area contributed by atoms with Gasteiger partial charge in [-0.25, -0.2) is 0 Å². The summed E-state index contributed by atoms with van der Waals surface area (Å²) >= 11 is 0. The van der Waals surface area contributed by atoms with Gasteiger partial charge >= 0.3 is 0 Å². The summed E-state index contributed by atoms with van der Waals surface area (Å²) in [6, 6.07) is 0. The lowest BCUT2D eigenvalue weighted by Gasteiger charge is -2.36. The molecule has 0 saturated carbocycles. The summed E-state index contributed by atoms with van der Waals surface area (Å²) in [7, 11) is 0. The summed E-state index contributed by atoms with van der Waals surface area (Å²) in [5.74, 6) is 0.815. The molecule has 1 rings (SSSR count). The highest BCUT2D eigenvalue weighted by Gasteiger charge is 2.41. The first-order chi connectivity index (χ1) is 4.84. The van der Waals surface area contributed by atoms with Crippen LogP contribution in [-0.2, 0) is 0 Å². The number of nitrogens with one attached hydrogen (secondary N) is 1. The van der Waals surface area contributed by atoms with Crippen molar-refractivity contribution in [1.29, 1.82) is 0 Å². The first-order valence-corrected chi connectivity index (χ1v) is 4.55. The Bertz CT molecular complexity index is 141.